The first-order chi connectivity index (χ1) is 17.4. The summed E-state index contributed by atoms with van der Waals surface area (Å²) in [7, 11) is 3.09. The fraction of sp³-hybridized carbons (Fsp3) is 0.448. The number of carboxylic acid groups (broad SMARTS) is 1. The van der Waals surface area contributed by atoms with Crippen molar-refractivity contribution in [2.24, 2.45) is 0 Å². The first kappa shape index (κ1) is 28.8. The van der Waals surface area contributed by atoms with Crippen molar-refractivity contribution in [2.45, 2.75) is 58.8 Å². The van der Waals surface area contributed by atoms with Crippen molar-refractivity contribution in [2.75, 3.05) is 32.2 Å². The molecule has 196 valence electrons. The first-order valence-corrected chi connectivity index (χ1v) is 12.8. The molecule has 0 atom stereocenters. The molecule has 2 amide bonds. The molecule has 0 aromatic heterocycles. The number of hydrogen-bond acceptors (Lipinski definition) is 4. The van der Waals surface area contributed by atoms with Crippen molar-refractivity contribution in [1.29, 1.82) is 0 Å². The van der Waals surface area contributed by atoms with Crippen LogP contribution in [0.5, 0.6) is 5.75 Å². The zero-order valence-electron chi connectivity index (χ0n) is 22.0. The monoisotopic (exact) mass is 496 g/mol. The summed E-state index contributed by atoms with van der Waals surface area (Å²) in [5, 5.41) is 12.3. The van der Waals surface area contributed by atoms with Gasteiger partial charge < -0.3 is 19.9 Å². The third-order valence-corrected chi connectivity index (χ3v) is 5.90. The lowest BCUT2D eigenvalue weighted by Gasteiger charge is -2.20. The van der Waals surface area contributed by atoms with Crippen LogP contribution in [0.1, 0.15) is 64.4 Å². The number of unbranched alkanes of at least 4 members (excludes halogenated alkanes) is 5. The van der Waals surface area contributed by atoms with Gasteiger partial charge in [0, 0.05) is 24.8 Å². The SMILES string of the molecule is CCCCCCCNC(=O)N(C)c1cccc(-c2ccc(C=C(OC)C(=O)O)cc2OCCCC)c1. The van der Waals surface area contributed by atoms with Crippen LogP contribution in [0.3, 0.4) is 0 Å². The molecule has 0 aliphatic heterocycles. The van der Waals surface area contributed by atoms with E-state index < -0.39 is 5.97 Å². The Kier molecular flexibility index (Phi) is 12.4. The topological polar surface area (TPSA) is 88.1 Å². The molecule has 0 aliphatic rings. The molecular formula is C29H40N2O5. The van der Waals surface area contributed by atoms with Crippen molar-refractivity contribution < 1.29 is 24.2 Å². The van der Waals surface area contributed by atoms with Crippen LogP contribution in [0, 0.1) is 0 Å². The van der Waals surface area contributed by atoms with E-state index in [0.717, 1.165) is 42.5 Å². The molecule has 0 saturated heterocycles. The number of methoxy groups -OCH3 is 1. The van der Waals surface area contributed by atoms with Gasteiger partial charge in [-0.3, -0.25) is 4.90 Å². The average molecular weight is 497 g/mol. The number of ether oxygens (including phenoxy) is 2. The highest BCUT2D eigenvalue weighted by atomic mass is 16.5. The molecule has 0 unspecified atom stereocenters. The number of carbonyl (C=O) groups is 2. The Hall–Kier alpha value is -3.48. The second kappa shape index (κ2) is 15.5. The summed E-state index contributed by atoms with van der Waals surface area (Å²) in [4.78, 5) is 25.6. The van der Waals surface area contributed by atoms with Crippen molar-refractivity contribution in [1.82, 2.24) is 5.32 Å². The van der Waals surface area contributed by atoms with Gasteiger partial charge in [0.15, 0.2) is 0 Å². The first-order valence-electron chi connectivity index (χ1n) is 12.8. The summed E-state index contributed by atoms with van der Waals surface area (Å²) in [6.07, 6.45) is 9.10. The molecule has 0 bridgehead atoms. The molecule has 0 fully saturated rings. The van der Waals surface area contributed by atoms with E-state index in [1.807, 2.05) is 42.5 Å². The van der Waals surface area contributed by atoms with Crippen LogP contribution in [-0.2, 0) is 9.53 Å². The van der Waals surface area contributed by atoms with E-state index in [4.69, 9.17) is 9.47 Å². The van der Waals surface area contributed by atoms with Crippen LogP contribution in [0.2, 0.25) is 0 Å². The zero-order chi connectivity index (χ0) is 26.3. The summed E-state index contributed by atoms with van der Waals surface area (Å²) in [6.45, 7) is 5.49. The summed E-state index contributed by atoms with van der Waals surface area (Å²) in [6, 6.07) is 13.1. The smallest absolute Gasteiger partial charge is 0.371 e. The second-order valence-electron chi connectivity index (χ2n) is 8.73. The number of anilines is 1. The number of urea groups is 1. The largest absolute Gasteiger partial charge is 0.493 e. The number of aliphatic carboxylic acids is 1. The minimum absolute atomic E-state index is 0.136. The lowest BCUT2D eigenvalue weighted by Crippen LogP contribution is -2.37. The van der Waals surface area contributed by atoms with Crippen molar-refractivity contribution in [3.05, 3.63) is 53.8 Å². The van der Waals surface area contributed by atoms with E-state index in [1.54, 1.807) is 11.9 Å². The van der Waals surface area contributed by atoms with Gasteiger partial charge in [0.1, 0.15) is 5.75 Å². The number of amides is 2. The van der Waals surface area contributed by atoms with Crippen LogP contribution in [0.25, 0.3) is 17.2 Å². The average Bonchev–Trinajstić information content (AvgIpc) is 2.88. The maximum absolute atomic E-state index is 12.7. The molecule has 7 heteroatoms. The molecule has 0 spiro atoms. The quantitative estimate of drug-likeness (QED) is 0.162. The minimum Gasteiger partial charge on any atom is -0.493 e. The van der Waals surface area contributed by atoms with Crippen LogP contribution < -0.4 is 15.0 Å². The van der Waals surface area contributed by atoms with Gasteiger partial charge in [-0.05, 0) is 48.2 Å². The molecule has 0 heterocycles. The molecule has 0 saturated carbocycles. The van der Waals surface area contributed by atoms with Crippen molar-refractivity contribution in [3.8, 4) is 16.9 Å². The Morgan fingerprint density at radius 3 is 2.44 bits per heavy atom. The van der Waals surface area contributed by atoms with Crippen LogP contribution >= 0.6 is 0 Å². The number of benzene rings is 2. The molecule has 0 aliphatic carbocycles. The summed E-state index contributed by atoms with van der Waals surface area (Å²) >= 11 is 0. The number of carbonyl (C=O) groups excluding carboxylic acids is 1. The van der Waals surface area contributed by atoms with E-state index in [1.165, 1.54) is 32.4 Å². The lowest BCUT2D eigenvalue weighted by molar-refractivity contribution is -0.135. The minimum atomic E-state index is -1.13. The summed E-state index contributed by atoms with van der Waals surface area (Å²) in [5.74, 6) is -0.637. The highest BCUT2D eigenvalue weighted by molar-refractivity contribution is 5.92. The van der Waals surface area contributed by atoms with Crippen LogP contribution in [-0.4, -0.2) is 44.4 Å². The van der Waals surface area contributed by atoms with Gasteiger partial charge >= 0.3 is 12.0 Å². The maximum Gasteiger partial charge on any atom is 0.371 e. The van der Waals surface area contributed by atoms with Crippen LogP contribution in [0.4, 0.5) is 10.5 Å². The lowest BCUT2D eigenvalue weighted by atomic mass is 10.0. The van der Waals surface area contributed by atoms with E-state index >= 15 is 0 Å². The second-order valence-corrected chi connectivity index (χ2v) is 8.73. The number of nitrogens with one attached hydrogen (secondary N) is 1. The fourth-order valence-electron chi connectivity index (χ4n) is 3.71. The number of carboxylic acids is 1. The summed E-state index contributed by atoms with van der Waals surface area (Å²) < 4.78 is 11.0. The Bertz CT molecular complexity index is 1020. The Morgan fingerprint density at radius 2 is 1.75 bits per heavy atom. The predicted molar refractivity (Wildman–Crippen MR) is 145 cm³/mol. The Balaban J connectivity index is 2.24. The van der Waals surface area contributed by atoms with Gasteiger partial charge in [-0.15, -0.1) is 0 Å². The van der Waals surface area contributed by atoms with Gasteiger partial charge in [0.2, 0.25) is 5.76 Å². The van der Waals surface area contributed by atoms with Crippen molar-refractivity contribution in [3.63, 3.8) is 0 Å². The van der Waals surface area contributed by atoms with E-state index in [2.05, 4.69) is 19.2 Å². The summed E-state index contributed by atoms with van der Waals surface area (Å²) in [5.41, 5.74) is 3.20. The van der Waals surface area contributed by atoms with Gasteiger partial charge in [0.25, 0.3) is 0 Å². The number of hydrogen-bond donors (Lipinski definition) is 2. The predicted octanol–water partition coefficient (Wildman–Crippen LogP) is 6.72. The fourth-order valence-corrected chi connectivity index (χ4v) is 3.71. The molecule has 2 aromatic rings. The normalized spacial score (nSPS) is 11.2. The van der Waals surface area contributed by atoms with Gasteiger partial charge in [-0.2, -0.15) is 0 Å². The highest BCUT2D eigenvalue weighted by Crippen LogP contribution is 2.34. The van der Waals surface area contributed by atoms with E-state index in [-0.39, 0.29) is 11.8 Å². The molecule has 2 N–H and O–H groups in total. The molecule has 7 nitrogen and oxygen atoms in total. The molecule has 2 rings (SSSR count). The third-order valence-electron chi connectivity index (χ3n) is 5.90. The maximum atomic E-state index is 12.7. The third kappa shape index (κ3) is 8.95. The Labute approximate surface area is 215 Å². The zero-order valence-corrected chi connectivity index (χ0v) is 22.0. The van der Waals surface area contributed by atoms with E-state index in [9.17, 15) is 14.7 Å². The standard InChI is InChI=1S/C29H40N2O5/c1-5-7-9-10-11-17-30-29(34)31(3)24-14-12-13-23(21-24)25-16-15-22(20-27(35-4)28(32)33)19-26(25)36-18-8-6-2/h12-16,19-21H,5-11,17-18H2,1-4H3,(H,30,34)(H,32,33). The number of nitrogens with zero attached hydrogens (tertiary/aromatic N) is 1. The van der Waals surface area contributed by atoms with Gasteiger partial charge in [0.05, 0.1) is 13.7 Å². The molecular weight excluding hydrogens is 456 g/mol. The van der Waals surface area contributed by atoms with Gasteiger partial charge in [-0.25, -0.2) is 9.59 Å². The molecule has 36 heavy (non-hydrogen) atoms. The molecule has 0 radical (unpaired) electrons. The Morgan fingerprint density at radius 1 is 1.00 bits per heavy atom. The highest BCUT2D eigenvalue weighted by Gasteiger charge is 2.14. The molecule has 2 aromatic carbocycles. The van der Waals surface area contributed by atoms with E-state index in [0.29, 0.717) is 24.5 Å². The van der Waals surface area contributed by atoms with Crippen LogP contribution in [0.15, 0.2) is 48.2 Å². The number of rotatable bonds is 15. The van der Waals surface area contributed by atoms with Gasteiger partial charge in [-0.1, -0.05) is 70.2 Å². The van der Waals surface area contributed by atoms with Crippen molar-refractivity contribution >= 4 is 23.8 Å².